The van der Waals surface area contributed by atoms with Gasteiger partial charge in [-0.3, -0.25) is 4.99 Å². The first kappa shape index (κ1) is 9.49. The minimum absolute atomic E-state index is 0.0211. The van der Waals surface area contributed by atoms with Gasteiger partial charge < -0.3 is 10.5 Å². The second-order valence-corrected chi connectivity index (χ2v) is 3.54. The van der Waals surface area contributed by atoms with Crippen LogP contribution < -0.4 is 5.73 Å². The highest BCUT2D eigenvalue weighted by molar-refractivity contribution is 6.30. The number of halogens is 1. The van der Waals surface area contributed by atoms with Gasteiger partial charge in [0.05, 0.1) is 13.1 Å². The third-order valence-electron chi connectivity index (χ3n) is 2.11. The Bertz CT molecular complexity index is 365. The Hall–Kier alpha value is -1.06. The van der Waals surface area contributed by atoms with Gasteiger partial charge in [-0.2, -0.15) is 0 Å². The SMILES string of the molecule is NCC1=NCC(c2cccc(Cl)c2)O1. The molecule has 74 valence electrons. The summed E-state index contributed by atoms with van der Waals surface area (Å²) < 4.78 is 5.52. The number of hydrogen-bond donors (Lipinski definition) is 1. The summed E-state index contributed by atoms with van der Waals surface area (Å²) in [6.07, 6.45) is -0.0211. The average molecular weight is 211 g/mol. The lowest BCUT2D eigenvalue weighted by Crippen LogP contribution is -2.14. The van der Waals surface area contributed by atoms with Crippen LogP contribution in [0.2, 0.25) is 5.02 Å². The predicted molar refractivity (Wildman–Crippen MR) is 56.6 cm³/mol. The second-order valence-electron chi connectivity index (χ2n) is 3.10. The Labute approximate surface area is 87.5 Å². The molecule has 0 aliphatic carbocycles. The highest BCUT2D eigenvalue weighted by Crippen LogP contribution is 2.24. The second kappa shape index (κ2) is 3.98. The molecule has 3 nitrogen and oxygen atoms in total. The van der Waals surface area contributed by atoms with E-state index in [4.69, 9.17) is 22.1 Å². The standard InChI is InChI=1S/C10H11ClN2O/c11-8-3-1-2-7(4-8)9-6-13-10(5-12)14-9/h1-4,9H,5-6,12H2. The molecule has 0 saturated heterocycles. The predicted octanol–water partition coefficient (Wildman–Crippen LogP) is 1.77. The van der Waals surface area contributed by atoms with E-state index in [9.17, 15) is 0 Å². The molecule has 0 amide bonds. The van der Waals surface area contributed by atoms with Gasteiger partial charge >= 0.3 is 0 Å². The summed E-state index contributed by atoms with van der Waals surface area (Å²) >= 11 is 5.88. The van der Waals surface area contributed by atoms with Gasteiger partial charge in [0.2, 0.25) is 0 Å². The highest BCUT2D eigenvalue weighted by Gasteiger charge is 2.20. The van der Waals surface area contributed by atoms with Crippen LogP contribution in [0, 0.1) is 0 Å². The molecule has 0 aromatic heterocycles. The molecule has 0 bridgehead atoms. The van der Waals surface area contributed by atoms with E-state index >= 15 is 0 Å². The van der Waals surface area contributed by atoms with Gasteiger partial charge in [-0.25, -0.2) is 0 Å². The Balaban J connectivity index is 2.12. The molecule has 1 aliphatic rings. The summed E-state index contributed by atoms with van der Waals surface area (Å²) in [5.74, 6) is 0.620. The number of benzene rings is 1. The van der Waals surface area contributed by atoms with Crippen molar-refractivity contribution in [1.29, 1.82) is 0 Å². The first-order valence-corrected chi connectivity index (χ1v) is 4.83. The molecule has 1 heterocycles. The largest absolute Gasteiger partial charge is 0.470 e. The minimum atomic E-state index is -0.0211. The van der Waals surface area contributed by atoms with Crippen molar-refractivity contribution in [2.24, 2.45) is 10.7 Å². The molecule has 1 unspecified atom stereocenters. The van der Waals surface area contributed by atoms with Crippen LogP contribution in [0.15, 0.2) is 29.3 Å². The average Bonchev–Trinajstić information content (AvgIpc) is 2.66. The zero-order valence-corrected chi connectivity index (χ0v) is 8.37. The van der Waals surface area contributed by atoms with E-state index in [1.807, 2.05) is 24.3 Å². The molecule has 1 aromatic rings. The lowest BCUT2D eigenvalue weighted by atomic mass is 10.1. The monoisotopic (exact) mass is 210 g/mol. The lowest BCUT2D eigenvalue weighted by molar-refractivity contribution is 0.226. The molecule has 4 heteroatoms. The van der Waals surface area contributed by atoms with Crippen molar-refractivity contribution in [1.82, 2.24) is 0 Å². The minimum Gasteiger partial charge on any atom is -0.470 e. The molecule has 2 rings (SSSR count). The summed E-state index contributed by atoms with van der Waals surface area (Å²) in [5, 5.41) is 0.715. The van der Waals surface area contributed by atoms with Gasteiger partial charge in [0.15, 0.2) is 5.90 Å². The van der Waals surface area contributed by atoms with Gasteiger partial charge in [-0.05, 0) is 17.7 Å². The van der Waals surface area contributed by atoms with E-state index in [0.717, 1.165) is 5.56 Å². The van der Waals surface area contributed by atoms with Gasteiger partial charge in [0.1, 0.15) is 6.10 Å². The Morgan fingerprint density at radius 2 is 2.43 bits per heavy atom. The van der Waals surface area contributed by atoms with E-state index in [0.29, 0.717) is 24.0 Å². The van der Waals surface area contributed by atoms with Gasteiger partial charge in [-0.1, -0.05) is 23.7 Å². The fourth-order valence-electron chi connectivity index (χ4n) is 1.42. The van der Waals surface area contributed by atoms with Crippen LogP contribution in [0.1, 0.15) is 11.7 Å². The topological polar surface area (TPSA) is 47.6 Å². The van der Waals surface area contributed by atoms with E-state index < -0.39 is 0 Å². The maximum atomic E-state index is 5.88. The van der Waals surface area contributed by atoms with Crippen molar-refractivity contribution in [3.63, 3.8) is 0 Å². The molecule has 14 heavy (non-hydrogen) atoms. The van der Waals surface area contributed by atoms with Crippen molar-refractivity contribution >= 4 is 17.5 Å². The molecule has 0 radical (unpaired) electrons. The summed E-state index contributed by atoms with van der Waals surface area (Å²) in [6, 6.07) is 7.61. The molecule has 0 spiro atoms. The van der Waals surface area contributed by atoms with Gasteiger partial charge in [-0.15, -0.1) is 0 Å². The van der Waals surface area contributed by atoms with Crippen molar-refractivity contribution < 1.29 is 4.74 Å². The van der Waals surface area contributed by atoms with Crippen LogP contribution >= 0.6 is 11.6 Å². The van der Waals surface area contributed by atoms with Crippen LogP contribution in [-0.2, 0) is 4.74 Å². The number of nitrogens with two attached hydrogens (primary N) is 1. The molecule has 2 N–H and O–H groups in total. The normalized spacial score (nSPS) is 20.4. The van der Waals surface area contributed by atoms with E-state index in [2.05, 4.69) is 4.99 Å². The number of aliphatic imine (C=N–C) groups is 1. The smallest absolute Gasteiger partial charge is 0.198 e. The Morgan fingerprint density at radius 1 is 1.57 bits per heavy atom. The van der Waals surface area contributed by atoms with Crippen LogP contribution in [0.3, 0.4) is 0 Å². The van der Waals surface area contributed by atoms with Crippen molar-refractivity contribution in [3.8, 4) is 0 Å². The van der Waals surface area contributed by atoms with Crippen molar-refractivity contribution in [2.75, 3.05) is 13.1 Å². The first-order chi connectivity index (χ1) is 6.79. The zero-order chi connectivity index (χ0) is 9.97. The van der Waals surface area contributed by atoms with Crippen molar-refractivity contribution in [3.05, 3.63) is 34.9 Å². The summed E-state index contributed by atoms with van der Waals surface area (Å²) in [6.45, 7) is 0.990. The highest BCUT2D eigenvalue weighted by atomic mass is 35.5. The summed E-state index contributed by atoms with van der Waals surface area (Å²) in [5.41, 5.74) is 6.47. The molecular weight excluding hydrogens is 200 g/mol. The van der Waals surface area contributed by atoms with E-state index in [-0.39, 0.29) is 6.10 Å². The molecular formula is C10H11ClN2O. The Morgan fingerprint density at radius 3 is 3.07 bits per heavy atom. The van der Waals surface area contributed by atoms with E-state index in [1.165, 1.54) is 0 Å². The number of hydrogen-bond acceptors (Lipinski definition) is 3. The number of nitrogens with zero attached hydrogens (tertiary/aromatic N) is 1. The zero-order valence-electron chi connectivity index (χ0n) is 7.61. The van der Waals surface area contributed by atoms with Crippen LogP contribution in [0.4, 0.5) is 0 Å². The fourth-order valence-corrected chi connectivity index (χ4v) is 1.62. The third-order valence-corrected chi connectivity index (χ3v) is 2.34. The molecule has 0 fully saturated rings. The maximum absolute atomic E-state index is 5.88. The fraction of sp³-hybridized carbons (Fsp3) is 0.300. The van der Waals surface area contributed by atoms with Crippen LogP contribution in [0.25, 0.3) is 0 Å². The maximum Gasteiger partial charge on any atom is 0.198 e. The molecule has 1 atom stereocenters. The van der Waals surface area contributed by atoms with E-state index in [1.54, 1.807) is 0 Å². The third kappa shape index (κ3) is 1.89. The van der Waals surface area contributed by atoms with Gasteiger partial charge in [0, 0.05) is 5.02 Å². The van der Waals surface area contributed by atoms with Crippen molar-refractivity contribution in [2.45, 2.75) is 6.10 Å². The number of rotatable bonds is 2. The van der Waals surface area contributed by atoms with Crippen LogP contribution in [0.5, 0.6) is 0 Å². The molecule has 1 aromatic carbocycles. The van der Waals surface area contributed by atoms with Gasteiger partial charge in [0.25, 0.3) is 0 Å². The van der Waals surface area contributed by atoms with Crippen LogP contribution in [-0.4, -0.2) is 19.0 Å². The lowest BCUT2D eigenvalue weighted by Gasteiger charge is -2.10. The Kier molecular flexibility index (Phi) is 2.70. The summed E-state index contributed by atoms with van der Waals surface area (Å²) in [4.78, 5) is 4.17. The first-order valence-electron chi connectivity index (χ1n) is 4.45. The number of ether oxygens (including phenoxy) is 1. The molecule has 0 saturated carbocycles. The summed E-state index contributed by atoms with van der Waals surface area (Å²) in [7, 11) is 0. The quantitative estimate of drug-likeness (QED) is 0.809. The molecule has 1 aliphatic heterocycles.